The van der Waals surface area contributed by atoms with Crippen LogP contribution in [0.2, 0.25) is 0 Å². The molecule has 0 aromatic carbocycles. The van der Waals surface area contributed by atoms with Gasteiger partial charge in [0.05, 0.1) is 11.8 Å². The molecule has 0 spiro atoms. The molecule has 3 aliphatic rings. The summed E-state index contributed by atoms with van der Waals surface area (Å²) in [7, 11) is 0. The van der Waals surface area contributed by atoms with Crippen LogP contribution >= 0.6 is 11.3 Å². The predicted molar refractivity (Wildman–Crippen MR) is 120 cm³/mol. The van der Waals surface area contributed by atoms with Crippen LogP contribution in [-0.4, -0.2) is 54.9 Å². The van der Waals surface area contributed by atoms with Crippen LogP contribution in [0.3, 0.4) is 0 Å². The van der Waals surface area contributed by atoms with Gasteiger partial charge in [-0.1, -0.05) is 0 Å². The molecule has 2 aliphatic carbocycles. The average molecular weight is 453 g/mol. The Balaban J connectivity index is 1.29. The average Bonchev–Trinajstić information content (AvgIpc) is 3.21. The third kappa shape index (κ3) is 3.71. The number of nitrogens with one attached hydrogen (secondary N) is 3. The molecule has 0 radical (unpaired) electrons. The largest absolute Gasteiger partial charge is 0.391 e. The summed E-state index contributed by atoms with van der Waals surface area (Å²) in [5, 5.41) is 26.4. The van der Waals surface area contributed by atoms with Crippen molar-refractivity contribution in [2.75, 3.05) is 22.1 Å². The number of nitrogens with zero attached hydrogens (tertiary/aromatic N) is 5. The highest BCUT2D eigenvalue weighted by atomic mass is 32.1. The van der Waals surface area contributed by atoms with Gasteiger partial charge in [0.25, 0.3) is 0 Å². The standard InChI is InChI=1S/C21H24N8O2S/c30-12-8-16(19(31)26-21-22-6-7-32-21)29(10-12)20-23-14-3-1-2-13(14)18(25-20)24-17-9-15(27-28-17)11-4-5-11/h6-7,9,11-12,16,30H,1-5,8,10H2,(H,22,26,31)(H2,23,24,25,27,28)/t12-,16-/m1/s1. The van der Waals surface area contributed by atoms with Crippen molar-refractivity contribution in [2.24, 2.45) is 0 Å². The Morgan fingerprint density at radius 3 is 3.00 bits per heavy atom. The van der Waals surface area contributed by atoms with E-state index in [0.29, 0.717) is 30.0 Å². The number of aryl methyl sites for hydroxylation is 1. The molecule has 2 atom stereocenters. The SMILES string of the molecule is O=C(Nc1nccs1)[C@H]1C[C@@H](O)CN1c1nc2c(c(Nc3cc(C4CC4)[nH]n3)n1)CCC2. The molecule has 4 N–H and O–H groups in total. The van der Waals surface area contributed by atoms with Gasteiger partial charge in [-0.2, -0.15) is 10.1 Å². The fourth-order valence-corrected chi connectivity index (χ4v) is 5.07. The number of aromatic nitrogens is 5. The van der Waals surface area contributed by atoms with E-state index in [4.69, 9.17) is 9.97 Å². The summed E-state index contributed by atoms with van der Waals surface area (Å²) in [6.45, 7) is 0.308. The van der Waals surface area contributed by atoms with Gasteiger partial charge < -0.3 is 20.6 Å². The zero-order chi connectivity index (χ0) is 21.7. The molecule has 3 aromatic heterocycles. The molecule has 6 rings (SSSR count). The van der Waals surface area contributed by atoms with Crippen LogP contribution in [0, 0.1) is 0 Å². The minimum Gasteiger partial charge on any atom is -0.391 e. The molecule has 32 heavy (non-hydrogen) atoms. The van der Waals surface area contributed by atoms with E-state index < -0.39 is 12.1 Å². The Kier molecular flexibility index (Phi) is 4.80. The van der Waals surface area contributed by atoms with Gasteiger partial charge >= 0.3 is 0 Å². The summed E-state index contributed by atoms with van der Waals surface area (Å²) < 4.78 is 0. The van der Waals surface area contributed by atoms with Crippen molar-refractivity contribution in [1.82, 2.24) is 25.1 Å². The van der Waals surface area contributed by atoms with Crippen molar-refractivity contribution in [2.45, 2.75) is 56.6 Å². The highest BCUT2D eigenvalue weighted by Gasteiger charge is 2.39. The quantitative estimate of drug-likeness (QED) is 0.448. The first-order valence-electron chi connectivity index (χ1n) is 11.0. The first kappa shape index (κ1) is 19.6. The van der Waals surface area contributed by atoms with E-state index in [1.54, 1.807) is 11.1 Å². The Bertz CT molecular complexity index is 1140. The molecule has 2 fully saturated rings. The molecule has 4 heterocycles. The summed E-state index contributed by atoms with van der Waals surface area (Å²) in [5.74, 6) is 2.31. The summed E-state index contributed by atoms with van der Waals surface area (Å²) in [6, 6.07) is 1.48. The third-order valence-electron chi connectivity index (χ3n) is 6.28. The van der Waals surface area contributed by atoms with Gasteiger partial charge in [-0.3, -0.25) is 9.89 Å². The van der Waals surface area contributed by atoms with Gasteiger partial charge in [0.2, 0.25) is 11.9 Å². The topological polar surface area (TPSA) is 132 Å². The normalized spacial score (nSPS) is 22.2. The van der Waals surface area contributed by atoms with E-state index in [1.165, 1.54) is 24.2 Å². The molecule has 166 valence electrons. The molecule has 0 unspecified atom stereocenters. The number of anilines is 4. The van der Waals surface area contributed by atoms with E-state index >= 15 is 0 Å². The highest BCUT2D eigenvalue weighted by Crippen LogP contribution is 2.40. The van der Waals surface area contributed by atoms with Gasteiger partial charge in [-0.15, -0.1) is 11.3 Å². The van der Waals surface area contributed by atoms with Crippen molar-refractivity contribution in [3.8, 4) is 0 Å². The second-order valence-corrected chi connectivity index (χ2v) is 9.54. The van der Waals surface area contributed by atoms with Gasteiger partial charge in [-0.05, 0) is 32.1 Å². The number of hydrogen-bond acceptors (Lipinski definition) is 9. The van der Waals surface area contributed by atoms with Crippen LogP contribution in [0.25, 0.3) is 0 Å². The lowest BCUT2D eigenvalue weighted by atomic mass is 10.2. The van der Waals surface area contributed by atoms with Gasteiger partial charge in [-0.25, -0.2) is 9.97 Å². The number of thiazole rings is 1. The lowest BCUT2D eigenvalue weighted by Crippen LogP contribution is -2.40. The van der Waals surface area contributed by atoms with Crippen molar-refractivity contribution < 1.29 is 9.90 Å². The molecule has 1 saturated carbocycles. The molecular formula is C21H24N8O2S. The molecule has 3 aromatic rings. The van der Waals surface area contributed by atoms with Gasteiger partial charge in [0.1, 0.15) is 11.9 Å². The lowest BCUT2D eigenvalue weighted by molar-refractivity contribution is -0.117. The zero-order valence-corrected chi connectivity index (χ0v) is 18.2. The monoisotopic (exact) mass is 452 g/mol. The van der Waals surface area contributed by atoms with Crippen molar-refractivity contribution in [1.29, 1.82) is 0 Å². The smallest absolute Gasteiger partial charge is 0.249 e. The Labute approximate surface area is 188 Å². The van der Waals surface area contributed by atoms with Gasteiger partial charge in [0.15, 0.2) is 10.9 Å². The number of β-amino-alcohol motifs (C(OH)–C–C–N with tert-alkyl or cyclic N) is 1. The number of fused-ring (bicyclic) bond motifs is 1. The molecule has 10 nitrogen and oxygen atoms in total. The van der Waals surface area contributed by atoms with E-state index in [1.807, 2.05) is 11.4 Å². The summed E-state index contributed by atoms with van der Waals surface area (Å²) >= 11 is 1.36. The van der Waals surface area contributed by atoms with Crippen LogP contribution < -0.4 is 15.5 Å². The van der Waals surface area contributed by atoms with E-state index in [0.717, 1.165) is 47.8 Å². The van der Waals surface area contributed by atoms with Crippen LogP contribution in [0.15, 0.2) is 17.6 Å². The maximum Gasteiger partial charge on any atom is 0.249 e. The van der Waals surface area contributed by atoms with Crippen molar-refractivity contribution in [3.05, 3.63) is 34.6 Å². The summed E-state index contributed by atoms with van der Waals surface area (Å²) in [6.07, 6.45) is 6.56. The maximum absolute atomic E-state index is 12.9. The van der Waals surface area contributed by atoms with Crippen LogP contribution in [0.4, 0.5) is 22.7 Å². The van der Waals surface area contributed by atoms with Crippen LogP contribution in [-0.2, 0) is 17.6 Å². The van der Waals surface area contributed by atoms with Crippen molar-refractivity contribution in [3.63, 3.8) is 0 Å². The second-order valence-electron chi connectivity index (χ2n) is 8.64. The number of amides is 1. The summed E-state index contributed by atoms with van der Waals surface area (Å²) in [4.78, 5) is 28.5. The number of rotatable bonds is 6. The Hall–Kier alpha value is -3.05. The molecule has 1 aliphatic heterocycles. The maximum atomic E-state index is 12.9. The minimum absolute atomic E-state index is 0.212. The fourth-order valence-electron chi connectivity index (χ4n) is 4.53. The molecule has 1 saturated heterocycles. The lowest BCUT2D eigenvalue weighted by Gasteiger charge is -2.24. The Morgan fingerprint density at radius 1 is 1.28 bits per heavy atom. The second kappa shape index (κ2) is 7.82. The van der Waals surface area contributed by atoms with Crippen molar-refractivity contribution >= 4 is 40.0 Å². The number of carbonyl (C=O) groups is 1. The minimum atomic E-state index is -0.622. The first-order chi connectivity index (χ1) is 15.6. The van der Waals surface area contributed by atoms with E-state index in [2.05, 4.69) is 25.8 Å². The zero-order valence-electron chi connectivity index (χ0n) is 17.4. The van der Waals surface area contributed by atoms with Gasteiger partial charge in [0, 0.05) is 47.8 Å². The van der Waals surface area contributed by atoms with E-state index in [-0.39, 0.29) is 5.91 Å². The molecule has 11 heteroatoms. The number of aliphatic hydroxyl groups is 1. The number of carbonyl (C=O) groups excluding carboxylic acids is 1. The fraction of sp³-hybridized carbons (Fsp3) is 0.476. The number of H-pyrrole nitrogens is 1. The third-order valence-corrected chi connectivity index (χ3v) is 6.97. The highest BCUT2D eigenvalue weighted by molar-refractivity contribution is 7.13. The van der Waals surface area contributed by atoms with E-state index in [9.17, 15) is 9.90 Å². The number of hydrogen-bond donors (Lipinski definition) is 4. The molecule has 1 amide bonds. The van der Waals surface area contributed by atoms with Crippen LogP contribution in [0.1, 0.15) is 48.6 Å². The Morgan fingerprint density at radius 2 is 2.19 bits per heavy atom. The summed E-state index contributed by atoms with van der Waals surface area (Å²) in [5.41, 5.74) is 3.25. The molecular weight excluding hydrogens is 428 g/mol. The first-order valence-corrected chi connectivity index (χ1v) is 11.9. The number of aliphatic hydroxyl groups excluding tert-OH is 1. The molecule has 0 bridgehead atoms. The van der Waals surface area contributed by atoms with Crippen LogP contribution in [0.5, 0.6) is 0 Å². The predicted octanol–water partition coefficient (Wildman–Crippen LogP) is 2.34. The number of aromatic amines is 1.